The second-order valence-electron chi connectivity index (χ2n) is 7.45. The van der Waals surface area contributed by atoms with Gasteiger partial charge in [-0.3, -0.25) is 14.7 Å². The number of amides is 1. The highest BCUT2D eigenvalue weighted by Gasteiger charge is 2.23. The first-order valence-corrected chi connectivity index (χ1v) is 10.4. The third-order valence-corrected chi connectivity index (χ3v) is 5.29. The molecule has 1 amide bonds. The number of rotatable bonds is 8. The second-order valence-corrected chi connectivity index (χ2v) is 7.45. The van der Waals surface area contributed by atoms with Crippen molar-refractivity contribution < 1.29 is 9.53 Å². The molecule has 0 atom stereocenters. The number of nitrogens with zero attached hydrogens (tertiary/aromatic N) is 4. The Morgan fingerprint density at radius 2 is 1.83 bits per heavy atom. The summed E-state index contributed by atoms with van der Waals surface area (Å²) in [5.74, 6) is 1.45. The predicted molar refractivity (Wildman–Crippen MR) is 115 cm³/mol. The molecule has 1 saturated heterocycles. The Kier molecular flexibility index (Phi) is 6.72. The van der Waals surface area contributed by atoms with Crippen molar-refractivity contribution >= 4 is 11.7 Å². The highest BCUT2D eigenvalue weighted by molar-refractivity contribution is 5.89. The third kappa shape index (κ3) is 5.45. The molecule has 7 nitrogen and oxygen atoms in total. The van der Waals surface area contributed by atoms with Crippen molar-refractivity contribution in [3.63, 3.8) is 0 Å². The van der Waals surface area contributed by atoms with Crippen LogP contribution in [0.5, 0.6) is 5.75 Å². The first kappa shape index (κ1) is 20.1. The highest BCUT2D eigenvalue weighted by atomic mass is 16.5. The van der Waals surface area contributed by atoms with Crippen molar-refractivity contribution in [1.82, 2.24) is 19.7 Å². The standard InChI is InChI=1S/C23H27N5O2/c29-23(12-17-30-21-7-2-1-3-8-21)26-22-9-14-25-28(22)20-10-15-27(16-11-20)18-19-6-4-5-13-24-19/h1-9,13-14,20H,10-12,15-18H2,(H,26,29). The van der Waals surface area contributed by atoms with Crippen LogP contribution >= 0.6 is 0 Å². The number of para-hydroxylation sites is 1. The van der Waals surface area contributed by atoms with Gasteiger partial charge in [-0.15, -0.1) is 0 Å². The van der Waals surface area contributed by atoms with Crippen molar-refractivity contribution in [3.05, 3.63) is 72.7 Å². The molecule has 1 aliphatic heterocycles. The molecule has 1 fully saturated rings. The van der Waals surface area contributed by atoms with Crippen molar-refractivity contribution in [2.45, 2.75) is 31.8 Å². The minimum atomic E-state index is -0.0692. The maximum atomic E-state index is 12.3. The summed E-state index contributed by atoms with van der Waals surface area (Å²) in [6.45, 7) is 3.19. The summed E-state index contributed by atoms with van der Waals surface area (Å²) in [7, 11) is 0. The zero-order valence-electron chi connectivity index (χ0n) is 17.0. The van der Waals surface area contributed by atoms with Gasteiger partial charge in [0.1, 0.15) is 11.6 Å². The Morgan fingerprint density at radius 3 is 2.60 bits per heavy atom. The number of ether oxygens (including phenoxy) is 1. The molecular formula is C23H27N5O2. The van der Waals surface area contributed by atoms with E-state index >= 15 is 0 Å². The molecule has 30 heavy (non-hydrogen) atoms. The Morgan fingerprint density at radius 1 is 1.03 bits per heavy atom. The monoisotopic (exact) mass is 405 g/mol. The molecule has 0 spiro atoms. The third-order valence-electron chi connectivity index (χ3n) is 5.29. The summed E-state index contributed by atoms with van der Waals surface area (Å²) in [6.07, 6.45) is 5.87. The van der Waals surface area contributed by atoms with E-state index in [2.05, 4.69) is 26.4 Å². The molecule has 156 valence electrons. The number of carbonyl (C=O) groups excluding carboxylic acids is 1. The van der Waals surface area contributed by atoms with Gasteiger partial charge in [0.25, 0.3) is 0 Å². The first-order valence-electron chi connectivity index (χ1n) is 10.4. The van der Waals surface area contributed by atoms with E-state index in [0.29, 0.717) is 13.0 Å². The number of anilines is 1. The number of aromatic nitrogens is 3. The molecule has 0 aliphatic carbocycles. The van der Waals surface area contributed by atoms with Gasteiger partial charge in [-0.25, -0.2) is 4.68 Å². The van der Waals surface area contributed by atoms with Crippen LogP contribution in [-0.4, -0.2) is 45.3 Å². The fourth-order valence-corrected chi connectivity index (χ4v) is 3.73. The van der Waals surface area contributed by atoms with Crippen LogP contribution in [0, 0.1) is 0 Å². The molecule has 1 aliphatic rings. The van der Waals surface area contributed by atoms with Gasteiger partial charge >= 0.3 is 0 Å². The number of carbonyl (C=O) groups is 1. The minimum Gasteiger partial charge on any atom is -0.493 e. The quantitative estimate of drug-likeness (QED) is 0.621. The first-order chi connectivity index (χ1) is 14.8. The minimum absolute atomic E-state index is 0.0692. The molecule has 3 aromatic rings. The average molecular weight is 406 g/mol. The normalized spacial score (nSPS) is 15.1. The summed E-state index contributed by atoms with van der Waals surface area (Å²) < 4.78 is 7.56. The van der Waals surface area contributed by atoms with Gasteiger partial charge in [-0.1, -0.05) is 24.3 Å². The molecule has 0 saturated carbocycles. The van der Waals surface area contributed by atoms with Gasteiger partial charge < -0.3 is 10.1 Å². The predicted octanol–water partition coefficient (Wildman–Crippen LogP) is 3.52. The van der Waals surface area contributed by atoms with E-state index in [1.54, 1.807) is 6.20 Å². The van der Waals surface area contributed by atoms with Crippen LogP contribution in [0.1, 0.15) is 31.0 Å². The van der Waals surface area contributed by atoms with E-state index < -0.39 is 0 Å². The lowest BCUT2D eigenvalue weighted by molar-refractivity contribution is -0.116. The number of nitrogens with one attached hydrogen (secondary N) is 1. The second kappa shape index (κ2) is 10.0. The molecule has 0 radical (unpaired) electrons. The molecule has 7 heteroatoms. The van der Waals surface area contributed by atoms with E-state index in [-0.39, 0.29) is 11.9 Å². The zero-order chi connectivity index (χ0) is 20.6. The summed E-state index contributed by atoms with van der Waals surface area (Å²) in [4.78, 5) is 19.2. The number of likely N-dealkylation sites (tertiary alicyclic amines) is 1. The van der Waals surface area contributed by atoms with Crippen LogP contribution < -0.4 is 10.1 Å². The SMILES string of the molecule is O=C(CCOc1ccccc1)Nc1ccnn1C1CCN(Cc2ccccn2)CC1. The summed E-state index contributed by atoms with van der Waals surface area (Å²) in [5, 5.41) is 7.45. The van der Waals surface area contributed by atoms with Crippen LogP contribution in [0.25, 0.3) is 0 Å². The topological polar surface area (TPSA) is 72.3 Å². The Labute approximate surface area is 176 Å². The van der Waals surface area contributed by atoms with Crippen LogP contribution in [0.3, 0.4) is 0 Å². The van der Waals surface area contributed by atoms with Crippen molar-refractivity contribution in [1.29, 1.82) is 0 Å². The number of benzene rings is 1. The molecule has 0 unspecified atom stereocenters. The number of pyridine rings is 1. The molecule has 2 aromatic heterocycles. The largest absolute Gasteiger partial charge is 0.493 e. The number of piperidine rings is 1. The lowest BCUT2D eigenvalue weighted by atomic mass is 10.0. The van der Waals surface area contributed by atoms with Crippen molar-refractivity contribution in [3.8, 4) is 5.75 Å². The molecule has 3 heterocycles. The van der Waals surface area contributed by atoms with E-state index in [4.69, 9.17) is 4.74 Å². The molecule has 1 N–H and O–H groups in total. The fourth-order valence-electron chi connectivity index (χ4n) is 3.73. The van der Waals surface area contributed by atoms with E-state index in [0.717, 1.165) is 49.7 Å². The van der Waals surface area contributed by atoms with Gasteiger partial charge in [0, 0.05) is 31.9 Å². The Bertz CT molecular complexity index is 921. The van der Waals surface area contributed by atoms with Crippen LogP contribution in [-0.2, 0) is 11.3 Å². The lowest BCUT2D eigenvalue weighted by Crippen LogP contribution is -2.35. The molecular weight excluding hydrogens is 378 g/mol. The van der Waals surface area contributed by atoms with Crippen LogP contribution in [0.15, 0.2) is 67.0 Å². The van der Waals surface area contributed by atoms with E-state index in [1.807, 2.05) is 59.4 Å². The maximum absolute atomic E-state index is 12.3. The number of hydrogen-bond acceptors (Lipinski definition) is 5. The summed E-state index contributed by atoms with van der Waals surface area (Å²) in [6, 6.07) is 17.7. The molecule has 0 bridgehead atoms. The average Bonchev–Trinajstić information content (AvgIpc) is 3.24. The molecule has 1 aromatic carbocycles. The Hall–Kier alpha value is -3.19. The van der Waals surface area contributed by atoms with Gasteiger partial charge in [0.15, 0.2) is 0 Å². The maximum Gasteiger partial charge on any atom is 0.228 e. The fraction of sp³-hybridized carbons (Fsp3) is 0.348. The molecule has 4 rings (SSSR count). The highest BCUT2D eigenvalue weighted by Crippen LogP contribution is 2.26. The smallest absolute Gasteiger partial charge is 0.228 e. The van der Waals surface area contributed by atoms with Gasteiger partial charge in [-0.05, 0) is 37.1 Å². The van der Waals surface area contributed by atoms with E-state index in [9.17, 15) is 4.79 Å². The van der Waals surface area contributed by atoms with Crippen molar-refractivity contribution in [2.24, 2.45) is 0 Å². The van der Waals surface area contributed by atoms with Gasteiger partial charge in [0.05, 0.1) is 31.0 Å². The van der Waals surface area contributed by atoms with E-state index in [1.165, 1.54) is 0 Å². The summed E-state index contributed by atoms with van der Waals surface area (Å²) >= 11 is 0. The van der Waals surface area contributed by atoms with Gasteiger partial charge in [0.2, 0.25) is 5.91 Å². The van der Waals surface area contributed by atoms with Crippen LogP contribution in [0.2, 0.25) is 0 Å². The Balaban J connectivity index is 1.24. The zero-order valence-corrected chi connectivity index (χ0v) is 17.0. The van der Waals surface area contributed by atoms with Gasteiger partial charge in [-0.2, -0.15) is 5.10 Å². The lowest BCUT2D eigenvalue weighted by Gasteiger charge is -2.32. The number of hydrogen-bond donors (Lipinski definition) is 1. The van der Waals surface area contributed by atoms with Crippen molar-refractivity contribution in [2.75, 3.05) is 25.0 Å². The summed E-state index contributed by atoms with van der Waals surface area (Å²) in [5.41, 5.74) is 1.10. The van der Waals surface area contributed by atoms with Crippen LogP contribution in [0.4, 0.5) is 5.82 Å².